The molecule has 2 aliphatic carbocycles. The van der Waals surface area contributed by atoms with Crippen LogP contribution in [-0.4, -0.2) is 49.2 Å². The van der Waals surface area contributed by atoms with Gasteiger partial charge < -0.3 is 19.1 Å². The van der Waals surface area contributed by atoms with Crippen molar-refractivity contribution in [3.63, 3.8) is 0 Å². The van der Waals surface area contributed by atoms with Crippen molar-refractivity contribution in [2.75, 3.05) is 13.7 Å². The van der Waals surface area contributed by atoms with Gasteiger partial charge in [0.2, 0.25) is 6.41 Å². The van der Waals surface area contributed by atoms with E-state index in [0.717, 1.165) is 25.0 Å². The maximum absolute atomic E-state index is 11.6. The van der Waals surface area contributed by atoms with E-state index in [-0.39, 0.29) is 29.4 Å². The number of carbonyl (C=O) groups excluding carboxylic acids is 2. The van der Waals surface area contributed by atoms with E-state index in [1.165, 1.54) is 18.1 Å². The topological polar surface area (TPSA) is 65.1 Å². The van der Waals surface area contributed by atoms with Crippen molar-refractivity contribution in [3.8, 4) is 11.5 Å². The number of likely N-dealkylation sites (tertiary alicyclic amines) is 1. The minimum atomic E-state index is -0.435. The molecule has 2 bridgehead atoms. The standard InChI is InChI=1S/C20H21NO5/c1-11(23)25-16-6-4-13-14-9-12-3-5-15(24-2)18-17(12)20(13,19(16)26-18)7-8-21(14)10-22/h3-6,10,13-14,16,19H,7-9H2,1-2H3/t13-,14+,16-,19+,20-/m0/s1. The predicted molar refractivity (Wildman–Crippen MR) is 92.2 cm³/mol. The molecule has 0 unspecified atom stereocenters. The van der Waals surface area contributed by atoms with Crippen molar-refractivity contribution >= 4 is 12.4 Å². The number of piperidine rings is 1. The Morgan fingerprint density at radius 3 is 2.96 bits per heavy atom. The second kappa shape index (κ2) is 5.25. The van der Waals surface area contributed by atoms with E-state index < -0.39 is 6.10 Å². The molecule has 1 spiro atoms. The molecule has 5 atom stereocenters. The molecular formula is C20H21NO5. The maximum atomic E-state index is 11.6. The molecule has 2 aliphatic heterocycles. The van der Waals surface area contributed by atoms with E-state index >= 15 is 0 Å². The number of nitrogens with zero attached hydrogens (tertiary/aromatic N) is 1. The smallest absolute Gasteiger partial charge is 0.303 e. The zero-order valence-electron chi connectivity index (χ0n) is 14.8. The van der Waals surface area contributed by atoms with E-state index in [9.17, 15) is 9.59 Å². The van der Waals surface area contributed by atoms with Crippen LogP contribution in [0.15, 0.2) is 24.3 Å². The molecule has 1 aromatic carbocycles. The van der Waals surface area contributed by atoms with Crippen molar-refractivity contribution in [1.82, 2.24) is 4.90 Å². The van der Waals surface area contributed by atoms with Gasteiger partial charge in [-0.05, 0) is 30.5 Å². The summed E-state index contributed by atoms with van der Waals surface area (Å²) >= 11 is 0. The number of hydrogen-bond acceptors (Lipinski definition) is 5. The first kappa shape index (κ1) is 15.7. The normalized spacial score (nSPS) is 35.4. The van der Waals surface area contributed by atoms with Crippen LogP contribution in [0.3, 0.4) is 0 Å². The highest BCUT2D eigenvalue weighted by Crippen LogP contribution is 2.62. The third kappa shape index (κ3) is 1.77. The molecule has 2 heterocycles. The summed E-state index contributed by atoms with van der Waals surface area (Å²) in [4.78, 5) is 25.2. The molecule has 1 amide bonds. The Balaban J connectivity index is 1.73. The van der Waals surface area contributed by atoms with Crippen molar-refractivity contribution in [2.24, 2.45) is 5.92 Å². The summed E-state index contributed by atoms with van der Waals surface area (Å²) in [5.74, 6) is 1.32. The van der Waals surface area contributed by atoms with Crippen LogP contribution in [0.4, 0.5) is 0 Å². The number of amides is 1. The Bertz CT molecular complexity index is 834. The first-order valence-corrected chi connectivity index (χ1v) is 9.03. The van der Waals surface area contributed by atoms with Gasteiger partial charge in [-0.25, -0.2) is 0 Å². The average Bonchev–Trinajstić information content (AvgIpc) is 2.97. The van der Waals surface area contributed by atoms with Gasteiger partial charge >= 0.3 is 5.97 Å². The lowest BCUT2D eigenvalue weighted by molar-refractivity contribution is -0.152. The minimum absolute atomic E-state index is 0.105. The van der Waals surface area contributed by atoms with E-state index in [1.54, 1.807) is 7.11 Å². The second-order valence-electron chi connectivity index (χ2n) is 7.56. The first-order chi connectivity index (χ1) is 12.6. The molecule has 6 heteroatoms. The number of methoxy groups -OCH3 is 1. The zero-order valence-corrected chi connectivity index (χ0v) is 14.8. The van der Waals surface area contributed by atoms with Crippen LogP contribution in [0.25, 0.3) is 0 Å². The number of benzene rings is 1. The van der Waals surface area contributed by atoms with Gasteiger partial charge in [-0.1, -0.05) is 12.1 Å². The lowest BCUT2D eigenvalue weighted by atomic mass is 9.53. The van der Waals surface area contributed by atoms with Gasteiger partial charge in [0.05, 0.1) is 12.5 Å². The third-order valence-electron chi connectivity index (χ3n) is 6.54. The summed E-state index contributed by atoms with van der Waals surface area (Å²) in [7, 11) is 1.64. The van der Waals surface area contributed by atoms with Crippen LogP contribution >= 0.6 is 0 Å². The third-order valence-corrected chi connectivity index (χ3v) is 6.54. The summed E-state index contributed by atoms with van der Waals surface area (Å²) in [5.41, 5.74) is 2.11. The van der Waals surface area contributed by atoms with Gasteiger partial charge in [0, 0.05) is 31.0 Å². The van der Waals surface area contributed by atoms with Gasteiger partial charge in [-0.15, -0.1) is 0 Å². The maximum Gasteiger partial charge on any atom is 0.303 e. The van der Waals surface area contributed by atoms with E-state index in [0.29, 0.717) is 12.3 Å². The predicted octanol–water partition coefficient (Wildman–Crippen LogP) is 1.60. The van der Waals surface area contributed by atoms with Crippen LogP contribution in [0.5, 0.6) is 11.5 Å². The van der Waals surface area contributed by atoms with Gasteiger partial charge in [0.1, 0.15) is 6.10 Å². The van der Waals surface area contributed by atoms with Crippen LogP contribution < -0.4 is 9.47 Å². The molecule has 5 rings (SSSR count). The summed E-state index contributed by atoms with van der Waals surface area (Å²) < 4.78 is 17.6. The highest BCUT2D eigenvalue weighted by molar-refractivity contribution is 5.68. The molecule has 0 radical (unpaired) electrons. The van der Waals surface area contributed by atoms with E-state index in [2.05, 4.69) is 12.1 Å². The molecule has 136 valence electrons. The zero-order chi connectivity index (χ0) is 18.1. The number of esters is 1. The first-order valence-electron chi connectivity index (χ1n) is 9.03. The summed E-state index contributed by atoms with van der Waals surface area (Å²) in [6.07, 6.45) is 5.89. The van der Waals surface area contributed by atoms with E-state index in [4.69, 9.17) is 14.2 Å². The Morgan fingerprint density at radius 1 is 1.38 bits per heavy atom. The molecule has 1 aromatic rings. The summed E-state index contributed by atoms with van der Waals surface area (Å²) in [6, 6.07) is 4.12. The van der Waals surface area contributed by atoms with Crippen molar-refractivity contribution in [3.05, 3.63) is 35.4 Å². The molecule has 6 nitrogen and oxygen atoms in total. The van der Waals surface area contributed by atoms with Gasteiger partial charge in [-0.2, -0.15) is 0 Å². The molecule has 1 fully saturated rings. The molecule has 1 saturated heterocycles. The molecular weight excluding hydrogens is 334 g/mol. The number of ether oxygens (including phenoxy) is 3. The molecule has 0 saturated carbocycles. The lowest BCUT2D eigenvalue weighted by Gasteiger charge is -2.56. The fourth-order valence-electron chi connectivity index (χ4n) is 5.64. The highest BCUT2D eigenvalue weighted by Gasteiger charge is 2.65. The summed E-state index contributed by atoms with van der Waals surface area (Å²) in [5, 5.41) is 0. The van der Waals surface area contributed by atoms with Gasteiger partial charge in [-0.3, -0.25) is 9.59 Å². The van der Waals surface area contributed by atoms with Crippen LogP contribution in [0.1, 0.15) is 24.5 Å². The minimum Gasteiger partial charge on any atom is -0.493 e. The number of carbonyl (C=O) groups is 2. The van der Waals surface area contributed by atoms with Crippen molar-refractivity contribution < 1.29 is 23.8 Å². The molecule has 0 aromatic heterocycles. The lowest BCUT2D eigenvalue weighted by Crippen LogP contribution is -2.65. The quantitative estimate of drug-likeness (QED) is 0.468. The second-order valence-corrected chi connectivity index (χ2v) is 7.56. The van der Waals surface area contributed by atoms with Crippen molar-refractivity contribution in [2.45, 2.75) is 43.4 Å². The Kier molecular flexibility index (Phi) is 3.18. The SMILES string of the molecule is COc1ccc2c3c1O[C@@H]1[C@@H](OC(C)=O)C=C[C@H]4[C@@H](C2)N(C=O)CC[C@]314. The van der Waals surface area contributed by atoms with Crippen LogP contribution in [-0.2, 0) is 26.2 Å². The Hall–Kier alpha value is -2.50. The Labute approximate surface area is 151 Å². The van der Waals surface area contributed by atoms with Crippen molar-refractivity contribution in [1.29, 1.82) is 0 Å². The van der Waals surface area contributed by atoms with E-state index in [1.807, 2.05) is 17.0 Å². The van der Waals surface area contributed by atoms with Gasteiger partial charge in [0.15, 0.2) is 17.6 Å². The average molecular weight is 355 g/mol. The summed E-state index contributed by atoms with van der Waals surface area (Å²) in [6.45, 7) is 2.10. The van der Waals surface area contributed by atoms with Gasteiger partial charge in [0.25, 0.3) is 0 Å². The molecule has 0 N–H and O–H groups in total. The fraction of sp³-hybridized carbons (Fsp3) is 0.500. The number of rotatable bonds is 3. The largest absolute Gasteiger partial charge is 0.493 e. The highest BCUT2D eigenvalue weighted by atomic mass is 16.6. The number of hydrogen-bond donors (Lipinski definition) is 0. The molecule has 26 heavy (non-hydrogen) atoms. The monoisotopic (exact) mass is 355 g/mol. The molecule has 4 aliphatic rings. The van der Waals surface area contributed by atoms with Crippen LogP contribution in [0.2, 0.25) is 0 Å². The van der Waals surface area contributed by atoms with Crippen LogP contribution in [0, 0.1) is 5.92 Å². The fourth-order valence-corrected chi connectivity index (χ4v) is 5.64. The Morgan fingerprint density at radius 2 is 2.23 bits per heavy atom.